The molecule has 0 bridgehead atoms. The summed E-state index contributed by atoms with van der Waals surface area (Å²) in [7, 11) is -3.81. The fraction of sp³-hybridized carbons (Fsp3) is 0.400. The van der Waals surface area contributed by atoms with Crippen molar-refractivity contribution in [1.82, 2.24) is 5.73 Å². The molecule has 1 radical (unpaired) electrons. The Labute approximate surface area is 90.3 Å². The van der Waals surface area contributed by atoms with Gasteiger partial charge in [0.05, 0.1) is 5.69 Å². The summed E-state index contributed by atoms with van der Waals surface area (Å²) >= 11 is 0. The molecule has 0 saturated heterocycles. The molecule has 1 aromatic carbocycles. The van der Waals surface area contributed by atoms with E-state index in [4.69, 9.17) is 10.9 Å². The second-order valence-corrected chi connectivity index (χ2v) is 5.25. The number of primary sulfonamides is 1. The highest BCUT2D eigenvalue weighted by Crippen LogP contribution is 2.31. The van der Waals surface area contributed by atoms with Crippen molar-refractivity contribution in [2.75, 3.05) is 0 Å². The van der Waals surface area contributed by atoms with Gasteiger partial charge in [-0.15, -0.1) is 0 Å². The van der Waals surface area contributed by atoms with Gasteiger partial charge in [-0.25, -0.2) is 13.6 Å². The number of nitrogens with one attached hydrogen (secondary N) is 1. The summed E-state index contributed by atoms with van der Waals surface area (Å²) in [5.74, 6) is 0. The first-order valence-electron chi connectivity index (χ1n) is 4.52. The lowest BCUT2D eigenvalue weighted by Gasteiger charge is -2.15. The van der Waals surface area contributed by atoms with Crippen molar-refractivity contribution in [2.45, 2.75) is 32.6 Å². The molecule has 15 heavy (non-hydrogen) atoms. The van der Waals surface area contributed by atoms with E-state index in [1.165, 1.54) is 0 Å². The van der Waals surface area contributed by atoms with E-state index in [0.29, 0.717) is 11.1 Å². The van der Waals surface area contributed by atoms with Gasteiger partial charge in [0.2, 0.25) is 10.0 Å². The molecule has 0 heterocycles. The Morgan fingerprint density at radius 3 is 1.73 bits per heavy atom. The average Bonchev–Trinajstić information content (AvgIpc) is 2.09. The SMILES string of the molecule is Cc1c(C)c(C)c(S(N)(=O)=O)c([NH])c1C. The van der Waals surface area contributed by atoms with Crippen LogP contribution in [0.3, 0.4) is 0 Å². The van der Waals surface area contributed by atoms with Crippen molar-refractivity contribution in [3.05, 3.63) is 22.3 Å². The number of hydrogen-bond donors (Lipinski definition) is 1. The third-order valence-corrected chi connectivity index (χ3v) is 3.99. The van der Waals surface area contributed by atoms with Gasteiger partial charge in [0.15, 0.2) is 0 Å². The normalized spacial score (nSPS) is 11.8. The van der Waals surface area contributed by atoms with Crippen LogP contribution in [0.4, 0.5) is 5.69 Å². The first-order chi connectivity index (χ1) is 6.68. The zero-order chi connectivity index (χ0) is 12.0. The molecule has 0 atom stereocenters. The van der Waals surface area contributed by atoms with E-state index >= 15 is 0 Å². The molecule has 1 rings (SSSR count). The summed E-state index contributed by atoms with van der Waals surface area (Å²) < 4.78 is 22.7. The van der Waals surface area contributed by atoms with Gasteiger partial charge < -0.3 is 0 Å². The van der Waals surface area contributed by atoms with Gasteiger partial charge in [-0.1, -0.05) is 0 Å². The summed E-state index contributed by atoms with van der Waals surface area (Å²) in [6.45, 7) is 7.13. The summed E-state index contributed by atoms with van der Waals surface area (Å²) in [6, 6.07) is 0. The van der Waals surface area contributed by atoms with Gasteiger partial charge in [-0.05, 0) is 49.9 Å². The van der Waals surface area contributed by atoms with Gasteiger partial charge in [0.1, 0.15) is 4.90 Å². The van der Waals surface area contributed by atoms with Crippen molar-refractivity contribution in [1.29, 1.82) is 0 Å². The van der Waals surface area contributed by atoms with E-state index in [0.717, 1.165) is 11.1 Å². The molecule has 5 heteroatoms. The van der Waals surface area contributed by atoms with Crippen LogP contribution in [-0.2, 0) is 10.0 Å². The lowest BCUT2D eigenvalue weighted by Crippen LogP contribution is -2.16. The Hall–Kier alpha value is -1.07. The smallest absolute Gasteiger partial charge is 0.240 e. The quantitative estimate of drug-likeness (QED) is 0.788. The van der Waals surface area contributed by atoms with Crippen LogP contribution < -0.4 is 10.9 Å². The third kappa shape index (κ3) is 1.85. The zero-order valence-electron chi connectivity index (χ0n) is 9.30. The minimum Gasteiger partial charge on any atom is -0.299 e. The Kier molecular flexibility index (Phi) is 2.80. The molecule has 0 spiro atoms. The van der Waals surface area contributed by atoms with E-state index in [-0.39, 0.29) is 10.6 Å². The van der Waals surface area contributed by atoms with Gasteiger partial charge in [0, 0.05) is 0 Å². The Balaban J connectivity index is 3.84. The van der Waals surface area contributed by atoms with Crippen LogP contribution in [0, 0.1) is 27.7 Å². The maximum Gasteiger partial charge on any atom is 0.240 e. The monoisotopic (exact) mass is 227 g/mol. The highest BCUT2D eigenvalue weighted by atomic mass is 32.2. The average molecular weight is 227 g/mol. The summed E-state index contributed by atoms with van der Waals surface area (Å²) in [5, 5.41) is 5.10. The molecule has 0 saturated carbocycles. The molecule has 0 amide bonds. The second kappa shape index (κ2) is 3.50. The van der Waals surface area contributed by atoms with Crippen LogP contribution in [0.15, 0.2) is 4.90 Å². The fourth-order valence-electron chi connectivity index (χ4n) is 1.63. The molecule has 4 nitrogen and oxygen atoms in total. The standard InChI is InChI=1S/C10H15N2O2S/c1-5-6(2)8(4)10(15(12,13)14)9(11)7(5)3/h11H,1-4H3,(H2,12,13,14). The van der Waals surface area contributed by atoms with Crippen LogP contribution in [0.25, 0.3) is 0 Å². The molecule has 1 aromatic rings. The molecule has 83 valence electrons. The predicted octanol–water partition coefficient (Wildman–Crippen LogP) is 1.48. The minimum absolute atomic E-state index is 0.0121. The van der Waals surface area contributed by atoms with Crippen LogP contribution in [0.5, 0.6) is 0 Å². The number of sulfonamides is 1. The zero-order valence-corrected chi connectivity index (χ0v) is 10.1. The third-order valence-electron chi connectivity index (χ3n) is 2.91. The van der Waals surface area contributed by atoms with Crippen molar-refractivity contribution < 1.29 is 8.42 Å². The van der Waals surface area contributed by atoms with Crippen LogP contribution in [0.1, 0.15) is 22.3 Å². The van der Waals surface area contributed by atoms with Gasteiger partial charge >= 0.3 is 0 Å². The topological polar surface area (TPSA) is 84.0 Å². The molecule has 0 aromatic heterocycles. The molecular weight excluding hydrogens is 212 g/mol. The predicted molar refractivity (Wildman–Crippen MR) is 59.5 cm³/mol. The second-order valence-electron chi connectivity index (χ2n) is 3.75. The number of rotatable bonds is 1. The molecule has 0 aliphatic carbocycles. The summed E-state index contributed by atoms with van der Waals surface area (Å²) in [6.07, 6.45) is 0. The molecule has 0 fully saturated rings. The molecule has 0 aliphatic rings. The number of hydrogen-bond acceptors (Lipinski definition) is 2. The van der Waals surface area contributed by atoms with Crippen molar-refractivity contribution in [2.24, 2.45) is 5.14 Å². The maximum atomic E-state index is 11.3. The van der Waals surface area contributed by atoms with E-state index in [9.17, 15) is 8.42 Å². The largest absolute Gasteiger partial charge is 0.299 e. The Morgan fingerprint density at radius 2 is 1.33 bits per heavy atom. The van der Waals surface area contributed by atoms with E-state index in [1.54, 1.807) is 13.8 Å². The highest BCUT2D eigenvalue weighted by molar-refractivity contribution is 7.89. The maximum absolute atomic E-state index is 11.3. The van der Waals surface area contributed by atoms with Crippen molar-refractivity contribution >= 4 is 15.7 Å². The summed E-state index contributed by atoms with van der Waals surface area (Å²) in [4.78, 5) is -0.0527. The van der Waals surface area contributed by atoms with Crippen LogP contribution in [-0.4, -0.2) is 8.42 Å². The summed E-state index contributed by atoms with van der Waals surface area (Å²) in [5.41, 5.74) is 10.9. The molecular formula is C10H15N2O2S. The Bertz CT molecular complexity index is 490. The van der Waals surface area contributed by atoms with Crippen molar-refractivity contribution in [3.63, 3.8) is 0 Å². The van der Waals surface area contributed by atoms with Gasteiger partial charge in [-0.3, -0.25) is 5.73 Å². The first kappa shape index (κ1) is 12.0. The fourth-order valence-corrected chi connectivity index (χ4v) is 2.65. The Morgan fingerprint density at radius 1 is 0.933 bits per heavy atom. The van der Waals surface area contributed by atoms with Crippen LogP contribution in [0.2, 0.25) is 0 Å². The molecule has 0 unspecified atom stereocenters. The highest BCUT2D eigenvalue weighted by Gasteiger charge is 2.21. The van der Waals surface area contributed by atoms with Crippen LogP contribution >= 0.6 is 0 Å². The lowest BCUT2D eigenvalue weighted by atomic mass is 9.98. The van der Waals surface area contributed by atoms with Crippen molar-refractivity contribution in [3.8, 4) is 0 Å². The van der Waals surface area contributed by atoms with Gasteiger partial charge in [-0.2, -0.15) is 0 Å². The number of nitrogens with two attached hydrogens (primary N) is 1. The lowest BCUT2D eigenvalue weighted by molar-refractivity contribution is 0.597. The molecule has 0 aliphatic heterocycles. The molecule has 3 N–H and O–H groups in total. The first-order valence-corrected chi connectivity index (χ1v) is 6.07. The van der Waals surface area contributed by atoms with E-state index < -0.39 is 10.0 Å². The van der Waals surface area contributed by atoms with E-state index in [1.807, 2.05) is 13.8 Å². The minimum atomic E-state index is -3.81. The van der Waals surface area contributed by atoms with E-state index in [2.05, 4.69) is 0 Å². The van der Waals surface area contributed by atoms with Gasteiger partial charge in [0.25, 0.3) is 0 Å². The number of benzene rings is 1.